The van der Waals surface area contributed by atoms with Crippen LogP contribution in [-0.4, -0.2) is 54.8 Å². The van der Waals surface area contributed by atoms with E-state index in [0.29, 0.717) is 61.3 Å². The van der Waals surface area contributed by atoms with Crippen LogP contribution in [0.2, 0.25) is 0 Å². The molecule has 216 valence electrons. The Bertz CT molecular complexity index is 1480. The molecule has 1 atom stereocenters. The third-order valence-corrected chi connectivity index (χ3v) is 6.80. The smallest absolute Gasteiger partial charge is 0.332 e. The molecule has 3 aromatic heterocycles. The van der Waals surface area contributed by atoms with Gasteiger partial charge in [-0.05, 0) is 65.9 Å². The molecular weight excluding hydrogens is 512 g/mol. The molecule has 4 rings (SSSR count). The standard InChI is InChI=1S/C29H40N6O5/c1-6-12-21(7-2)19-34-24-26(32-25(34)23-27(38-8-3)31-15-14-30-23)35(20(4)5)29(37)33(28(24)36)16-11-18-40-22-13-9-10-17-39-22/h6-7,12,14-15,20,22H,8-11,13,16-19H2,1-5H3/b12-6-,21-7+. The van der Waals surface area contributed by atoms with E-state index in [-0.39, 0.29) is 18.9 Å². The Morgan fingerprint density at radius 1 is 1.18 bits per heavy atom. The van der Waals surface area contributed by atoms with Crippen molar-refractivity contribution in [3.05, 3.63) is 57.0 Å². The molecule has 11 heteroatoms. The molecule has 11 nitrogen and oxygen atoms in total. The third kappa shape index (κ3) is 6.26. The molecule has 0 N–H and O–H groups in total. The van der Waals surface area contributed by atoms with Crippen molar-refractivity contribution in [3.8, 4) is 17.4 Å². The van der Waals surface area contributed by atoms with Crippen LogP contribution < -0.4 is 16.0 Å². The lowest BCUT2D eigenvalue weighted by Crippen LogP contribution is -2.41. The van der Waals surface area contributed by atoms with Crippen molar-refractivity contribution < 1.29 is 14.2 Å². The van der Waals surface area contributed by atoms with E-state index in [1.54, 1.807) is 17.0 Å². The third-order valence-electron chi connectivity index (χ3n) is 6.80. The summed E-state index contributed by atoms with van der Waals surface area (Å²) < 4.78 is 21.9. The number of hydrogen-bond acceptors (Lipinski definition) is 8. The summed E-state index contributed by atoms with van der Waals surface area (Å²) in [6.07, 6.45) is 12.3. The fourth-order valence-electron chi connectivity index (χ4n) is 4.89. The Kier molecular flexibility index (Phi) is 10.1. The first-order valence-corrected chi connectivity index (χ1v) is 14.1. The summed E-state index contributed by atoms with van der Waals surface area (Å²) in [4.78, 5) is 41.5. The van der Waals surface area contributed by atoms with E-state index in [9.17, 15) is 9.59 Å². The number of allylic oxidation sites excluding steroid dienone is 4. The van der Waals surface area contributed by atoms with Crippen LogP contribution in [0.25, 0.3) is 22.7 Å². The first-order valence-electron chi connectivity index (χ1n) is 14.1. The fourth-order valence-corrected chi connectivity index (χ4v) is 4.89. The average molecular weight is 553 g/mol. The summed E-state index contributed by atoms with van der Waals surface area (Å²) in [6.45, 7) is 11.6. The largest absolute Gasteiger partial charge is 0.476 e. The molecule has 0 spiro atoms. The molecule has 0 aromatic carbocycles. The van der Waals surface area contributed by atoms with E-state index in [1.165, 1.54) is 4.57 Å². The lowest BCUT2D eigenvalue weighted by atomic mass is 10.2. The van der Waals surface area contributed by atoms with Gasteiger partial charge in [-0.2, -0.15) is 0 Å². The van der Waals surface area contributed by atoms with Gasteiger partial charge in [-0.1, -0.05) is 18.2 Å². The van der Waals surface area contributed by atoms with Gasteiger partial charge in [-0.15, -0.1) is 0 Å². The SMILES string of the molecule is C/C=C\C(=C/C)Cn1c(-c2nccnc2OCC)nc2c1c(=O)n(CCCOC1CCCCO1)c(=O)n2C(C)C. The minimum atomic E-state index is -0.401. The second-order valence-electron chi connectivity index (χ2n) is 9.92. The molecule has 4 heterocycles. The number of imidazole rings is 1. The van der Waals surface area contributed by atoms with Crippen LogP contribution in [0.4, 0.5) is 0 Å². The van der Waals surface area contributed by atoms with Crippen molar-refractivity contribution in [1.29, 1.82) is 0 Å². The highest BCUT2D eigenvalue weighted by Crippen LogP contribution is 2.29. The van der Waals surface area contributed by atoms with Crippen molar-refractivity contribution in [1.82, 2.24) is 28.7 Å². The second kappa shape index (κ2) is 13.7. The zero-order chi connectivity index (χ0) is 28.6. The fraction of sp³-hybridized carbons (Fsp3) is 0.552. The maximum Gasteiger partial charge on any atom is 0.332 e. The molecule has 1 aliphatic rings. The van der Waals surface area contributed by atoms with Crippen molar-refractivity contribution in [3.63, 3.8) is 0 Å². The highest BCUT2D eigenvalue weighted by molar-refractivity contribution is 5.77. The predicted octanol–water partition coefficient (Wildman–Crippen LogP) is 4.25. The summed E-state index contributed by atoms with van der Waals surface area (Å²) in [5.74, 6) is 0.729. The number of ether oxygens (including phenoxy) is 3. The van der Waals surface area contributed by atoms with Crippen LogP contribution in [0, 0.1) is 0 Å². The molecule has 0 aliphatic carbocycles. The molecule has 0 bridgehead atoms. The molecular formula is C29H40N6O5. The van der Waals surface area contributed by atoms with Gasteiger partial charge in [0, 0.05) is 38.1 Å². The molecule has 0 amide bonds. The molecule has 40 heavy (non-hydrogen) atoms. The maximum absolute atomic E-state index is 14.0. The van der Waals surface area contributed by atoms with Gasteiger partial charge in [0.2, 0.25) is 5.88 Å². The van der Waals surface area contributed by atoms with Gasteiger partial charge in [0.05, 0.1) is 13.2 Å². The Labute approximate surface area is 234 Å². The zero-order valence-electron chi connectivity index (χ0n) is 24.1. The first-order chi connectivity index (χ1) is 19.4. The highest BCUT2D eigenvalue weighted by atomic mass is 16.7. The Morgan fingerprint density at radius 2 is 1.98 bits per heavy atom. The lowest BCUT2D eigenvalue weighted by Gasteiger charge is -2.22. The zero-order valence-corrected chi connectivity index (χ0v) is 24.1. The molecule has 1 fully saturated rings. The summed E-state index contributed by atoms with van der Waals surface area (Å²) in [5, 5.41) is 0. The minimum absolute atomic E-state index is 0.217. The Hall–Kier alpha value is -3.57. The maximum atomic E-state index is 14.0. The van der Waals surface area contributed by atoms with Crippen LogP contribution in [0.3, 0.4) is 0 Å². The first kappa shape index (κ1) is 29.4. The van der Waals surface area contributed by atoms with Crippen molar-refractivity contribution in [2.24, 2.45) is 0 Å². The van der Waals surface area contributed by atoms with Crippen LogP contribution in [0.15, 0.2) is 45.8 Å². The van der Waals surface area contributed by atoms with E-state index in [4.69, 9.17) is 19.2 Å². The summed E-state index contributed by atoms with van der Waals surface area (Å²) >= 11 is 0. The van der Waals surface area contributed by atoms with E-state index >= 15 is 0 Å². The summed E-state index contributed by atoms with van der Waals surface area (Å²) in [6, 6.07) is -0.241. The van der Waals surface area contributed by atoms with E-state index < -0.39 is 11.2 Å². The van der Waals surface area contributed by atoms with Crippen molar-refractivity contribution in [2.75, 3.05) is 19.8 Å². The number of aromatic nitrogens is 6. The lowest BCUT2D eigenvalue weighted by molar-refractivity contribution is -0.163. The summed E-state index contributed by atoms with van der Waals surface area (Å²) in [5.41, 5.74) is 1.22. The molecule has 1 aliphatic heterocycles. The summed E-state index contributed by atoms with van der Waals surface area (Å²) in [7, 11) is 0. The molecule has 0 saturated carbocycles. The van der Waals surface area contributed by atoms with E-state index in [0.717, 1.165) is 24.8 Å². The molecule has 1 saturated heterocycles. The monoisotopic (exact) mass is 552 g/mol. The Morgan fingerprint density at radius 3 is 2.65 bits per heavy atom. The molecule has 0 radical (unpaired) electrons. The van der Waals surface area contributed by atoms with Crippen LogP contribution in [0.5, 0.6) is 5.88 Å². The van der Waals surface area contributed by atoms with E-state index in [1.807, 2.05) is 57.4 Å². The van der Waals surface area contributed by atoms with Gasteiger partial charge in [0.25, 0.3) is 5.56 Å². The Balaban J connectivity index is 1.86. The van der Waals surface area contributed by atoms with Gasteiger partial charge >= 0.3 is 5.69 Å². The average Bonchev–Trinajstić information content (AvgIpc) is 3.31. The normalized spacial score (nSPS) is 16.4. The topological polar surface area (TPSA) is 115 Å². The van der Waals surface area contributed by atoms with Gasteiger partial charge in [-0.25, -0.2) is 19.7 Å². The van der Waals surface area contributed by atoms with Crippen molar-refractivity contribution >= 4 is 11.2 Å². The van der Waals surface area contributed by atoms with Crippen LogP contribution in [0.1, 0.15) is 66.3 Å². The second-order valence-corrected chi connectivity index (χ2v) is 9.92. The quantitative estimate of drug-likeness (QED) is 0.242. The van der Waals surface area contributed by atoms with Crippen LogP contribution >= 0.6 is 0 Å². The molecule has 3 aromatic rings. The number of nitrogens with zero attached hydrogens (tertiary/aromatic N) is 6. The molecule has 1 unspecified atom stereocenters. The van der Waals surface area contributed by atoms with E-state index in [2.05, 4.69) is 9.97 Å². The van der Waals surface area contributed by atoms with Crippen molar-refractivity contribution in [2.45, 2.75) is 85.7 Å². The van der Waals surface area contributed by atoms with Gasteiger partial charge < -0.3 is 18.8 Å². The number of rotatable bonds is 12. The highest BCUT2D eigenvalue weighted by Gasteiger charge is 2.26. The minimum Gasteiger partial charge on any atom is -0.476 e. The van der Waals surface area contributed by atoms with Gasteiger partial charge in [0.1, 0.15) is 0 Å². The predicted molar refractivity (Wildman–Crippen MR) is 154 cm³/mol. The van der Waals surface area contributed by atoms with Crippen LogP contribution in [-0.2, 0) is 22.6 Å². The number of fused-ring (bicyclic) bond motifs is 1. The van der Waals surface area contributed by atoms with Gasteiger partial charge in [0.15, 0.2) is 29.0 Å². The number of hydrogen-bond donors (Lipinski definition) is 0. The van der Waals surface area contributed by atoms with Gasteiger partial charge in [-0.3, -0.25) is 13.9 Å².